The molecule has 6 rings (SSSR count). The summed E-state index contributed by atoms with van der Waals surface area (Å²) >= 11 is 9.75. The molecule has 1 atom stereocenters. The van der Waals surface area contributed by atoms with Crippen molar-refractivity contribution in [1.82, 2.24) is 25.0 Å². The summed E-state index contributed by atoms with van der Waals surface area (Å²) in [5.41, 5.74) is 3.32. The van der Waals surface area contributed by atoms with Crippen LogP contribution in [0.1, 0.15) is 56.7 Å². The number of hydrogen-bond acceptors (Lipinski definition) is 11. The fraction of sp³-hybridized carbons (Fsp3) is 0.600. The Bertz CT molecular complexity index is 1880. The smallest absolute Gasteiger partial charge is 0.305 e. The molecule has 0 aliphatic carbocycles. The van der Waals surface area contributed by atoms with Crippen LogP contribution in [-0.4, -0.2) is 131 Å². The van der Waals surface area contributed by atoms with Crippen LogP contribution in [-0.2, 0) is 38.4 Å². The number of aromatic amines is 1. The predicted molar refractivity (Wildman–Crippen MR) is 222 cm³/mol. The van der Waals surface area contributed by atoms with E-state index >= 15 is 0 Å². The number of aromatic nitrogens is 1. The van der Waals surface area contributed by atoms with E-state index in [0.717, 1.165) is 81.0 Å². The Morgan fingerprint density at radius 3 is 2.69 bits per heavy atom. The van der Waals surface area contributed by atoms with Gasteiger partial charge in [-0.1, -0.05) is 61.1 Å². The molecular weight excluding hydrogens is 760 g/mol. The summed E-state index contributed by atoms with van der Waals surface area (Å²) in [6.07, 6.45) is 3.43. The number of hydrogen-bond donors (Lipinski definition) is 3. The first-order valence-electron chi connectivity index (χ1n) is 19.6. The number of phenols is 1. The number of benzene rings is 2. The summed E-state index contributed by atoms with van der Waals surface area (Å²) in [4.78, 5) is 51.5. The zero-order chi connectivity index (χ0) is 39.0. The zero-order valence-corrected chi connectivity index (χ0v) is 34.6. The quantitative estimate of drug-likeness (QED) is 0.162. The highest BCUT2D eigenvalue weighted by Gasteiger charge is 2.42. The number of piperidine rings is 1. The third kappa shape index (κ3) is 10.7. The molecule has 1 unspecified atom stereocenters. The maximum absolute atomic E-state index is 13.4. The number of ether oxygens (including phenoxy) is 2. The third-order valence-corrected chi connectivity index (χ3v) is 13.6. The first kappa shape index (κ1) is 41.6. The fourth-order valence-electron chi connectivity index (χ4n) is 7.58. The molecule has 1 spiro atoms. The molecule has 1 aromatic heterocycles. The Kier molecular flexibility index (Phi) is 14.7. The number of thioether (sulfide) groups is 1. The van der Waals surface area contributed by atoms with Crippen LogP contribution in [0.2, 0.25) is 5.02 Å². The van der Waals surface area contributed by atoms with Gasteiger partial charge in [0.05, 0.1) is 41.6 Å². The molecule has 55 heavy (non-hydrogen) atoms. The Labute approximate surface area is 337 Å². The highest BCUT2D eigenvalue weighted by Crippen LogP contribution is 2.34. The van der Waals surface area contributed by atoms with Crippen LogP contribution in [0.15, 0.2) is 40.1 Å². The summed E-state index contributed by atoms with van der Waals surface area (Å²) in [5.74, 6) is 1.38. The van der Waals surface area contributed by atoms with Crippen LogP contribution in [0.25, 0.3) is 10.2 Å². The normalized spacial score (nSPS) is 18.7. The summed E-state index contributed by atoms with van der Waals surface area (Å²) in [5, 5.41) is 15.3. The highest BCUT2D eigenvalue weighted by molar-refractivity contribution is 8.14. The molecule has 2 aromatic carbocycles. The number of H-pyrrole nitrogens is 1. The minimum absolute atomic E-state index is 0.0604. The summed E-state index contributed by atoms with van der Waals surface area (Å²) in [7, 11) is 0. The van der Waals surface area contributed by atoms with Crippen molar-refractivity contribution in [2.45, 2.75) is 71.1 Å². The van der Waals surface area contributed by atoms with Crippen molar-refractivity contribution in [1.29, 1.82) is 0 Å². The minimum Gasteiger partial charge on any atom is -0.506 e. The fourth-order valence-corrected chi connectivity index (χ4v) is 9.84. The van der Waals surface area contributed by atoms with E-state index < -0.39 is 0 Å². The SMILES string of the molecule is CCN(CCNCCc1ccc(O)c2[nH]c(=O)sc12)C(=O)CCOCCc1cccc(CN2CCC3(CC2)CN(C(=O)C2CSC(C(C)C)=N2)CCO3)c1Cl. The van der Waals surface area contributed by atoms with E-state index in [-0.39, 0.29) is 34.1 Å². The van der Waals surface area contributed by atoms with Crippen molar-refractivity contribution in [2.24, 2.45) is 10.9 Å². The Morgan fingerprint density at radius 1 is 1.13 bits per heavy atom. The second kappa shape index (κ2) is 19.4. The van der Waals surface area contributed by atoms with Crippen molar-refractivity contribution in [3.8, 4) is 5.75 Å². The number of thiazole rings is 1. The first-order chi connectivity index (χ1) is 26.6. The number of aliphatic imine (C=N–C) groups is 1. The number of nitrogens with one attached hydrogen (secondary N) is 2. The van der Waals surface area contributed by atoms with Gasteiger partial charge >= 0.3 is 4.87 Å². The molecule has 3 aromatic rings. The van der Waals surface area contributed by atoms with E-state index in [2.05, 4.69) is 41.2 Å². The average molecular weight is 816 g/mol. The first-order valence-corrected chi connectivity index (χ1v) is 21.8. The van der Waals surface area contributed by atoms with Crippen LogP contribution in [0.4, 0.5) is 0 Å². The molecule has 3 aliphatic heterocycles. The lowest BCUT2D eigenvalue weighted by Gasteiger charge is -2.47. The number of amides is 2. The lowest BCUT2D eigenvalue weighted by molar-refractivity contribution is -0.160. The molecule has 3 aliphatic rings. The Balaban J connectivity index is 0.873. The van der Waals surface area contributed by atoms with Crippen molar-refractivity contribution in [3.63, 3.8) is 0 Å². The lowest BCUT2D eigenvalue weighted by Crippen LogP contribution is -2.59. The predicted octanol–water partition coefficient (Wildman–Crippen LogP) is 4.94. The zero-order valence-electron chi connectivity index (χ0n) is 32.2. The number of phenolic OH excluding ortho intramolecular Hbond substituents is 1. The van der Waals surface area contributed by atoms with Gasteiger partial charge in [0.1, 0.15) is 17.3 Å². The van der Waals surface area contributed by atoms with Gasteiger partial charge in [0.25, 0.3) is 0 Å². The van der Waals surface area contributed by atoms with Gasteiger partial charge in [-0.25, -0.2) is 0 Å². The number of rotatable bonds is 17. The van der Waals surface area contributed by atoms with Crippen LogP contribution in [0.5, 0.6) is 5.75 Å². The van der Waals surface area contributed by atoms with Crippen molar-refractivity contribution in [2.75, 3.05) is 77.9 Å². The van der Waals surface area contributed by atoms with Gasteiger partial charge in [0.2, 0.25) is 11.8 Å². The van der Waals surface area contributed by atoms with Gasteiger partial charge in [0, 0.05) is 69.1 Å². The number of likely N-dealkylation sites (tertiary alicyclic amines) is 1. The Morgan fingerprint density at radius 2 is 1.93 bits per heavy atom. The molecule has 0 saturated carbocycles. The van der Waals surface area contributed by atoms with Gasteiger partial charge in [-0.2, -0.15) is 0 Å². The van der Waals surface area contributed by atoms with Gasteiger partial charge in [-0.05, 0) is 61.9 Å². The summed E-state index contributed by atoms with van der Waals surface area (Å²) in [6.45, 7) is 14.0. The number of carbonyl (C=O) groups is 2. The molecule has 2 fully saturated rings. The molecule has 3 N–H and O–H groups in total. The average Bonchev–Trinajstić information content (AvgIpc) is 3.84. The van der Waals surface area contributed by atoms with E-state index in [1.54, 1.807) is 17.8 Å². The number of aromatic hydroxyl groups is 1. The maximum atomic E-state index is 13.4. The number of nitrogens with zero attached hydrogens (tertiary/aromatic N) is 4. The Hall–Kier alpha value is -2.98. The molecule has 4 heterocycles. The molecule has 0 bridgehead atoms. The van der Waals surface area contributed by atoms with Crippen LogP contribution < -0.4 is 10.2 Å². The number of carbonyl (C=O) groups excluding carboxylic acids is 2. The third-order valence-electron chi connectivity index (χ3n) is 10.8. The second-order valence-electron chi connectivity index (χ2n) is 15.0. The number of morpholine rings is 1. The molecular formula is C40H55ClN6O6S2. The van der Waals surface area contributed by atoms with Crippen molar-refractivity contribution < 1.29 is 24.2 Å². The van der Waals surface area contributed by atoms with Gasteiger partial charge in [0.15, 0.2) is 0 Å². The highest BCUT2D eigenvalue weighted by atomic mass is 35.5. The molecule has 300 valence electrons. The van der Waals surface area contributed by atoms with E-state index in [0.29, 0.717) is 89.8 Å². The molecule has 2 amide bonds. The van der Waals surface area contributed by atoms with Gasteiger partial charge in [-0.15, -0.1) is 11.8 Å². The standard InChI is InChI=1S/C40H55ClN6O6S2/c1-4-46(19-16-42-15-10-29-8-9-32(48)35-36(29)55-39(51)44-35)33(49)12-22-52-21-11-28-6-5-7-30(34(28)41)24-45-17-13-40(14-18-45)26-47(20-23-53-40)38(50)31-25-54-37(43-31)27(2)3/h5-9,27,31,42,48H,4,10-26H2,1-3H3,(H,44,51). The van der Waals surface area contributed by atoms with E-state index in [9.17, 15) is 19.5 Å². The number of fused-ring (bicyclic) bond motifs is 1. The van der Waals surface area contributed by atoms with Crippen molar-refractivity contribution in [3.05, 3.63) is 61.7 Å². The second-order valence-corrected chi connectivity index (χ2v) is 17.4. The van der Waals surface area contributed by atoms with E-state index in [1.165, 1.54) is 0 Å². The van der Waals surface area contributed by atoms with Gasteiger partial charge < -0.3 is 34.7 Å². The lowest BCUT2D eigenvalue weighted by atomic mass is 9.89. The summed E-state index contributed by atoms with van der Waals surface area (Å²) < 4.78 is 13.0. The largest absolute Gasteiger partial charge is 0.506 e. The number of likely N-dealkylation sites (N-methyl/N-ethyl adjacent to an activating group) is 1. The molecule has 2 saturated heterocycles. The number of halogens is 1. The summed E-state index contributed by atoms with van der Waals surface area (Å²) in [6, 6.07) is 9.37. The van der Waals surface area contributed by atoms with Crippen LogP contribution in [0.3, 0.4) is 0 Å². The topological polar surface area (TPSA) is 140 Å². The monoisotopic (exact) mass is 814 g/mol. The molecule has 0 radical (unpaired) electrons. The molecule has 15 heteroatoms. The van der Waals surface area contributed by atoms with Crippen LogP contribution in [0, 0.1) is 5.92 Å². The van der Waals surface area contributed by atoms with E-state index in [1.807, 2.05) is 28.9 Å². The van der Waals surface area contributed by atoms with Gasteiger partial charge in [-0.3, -0.25) is 24.3 Å². The maximum Gasteiger partial charge on any atom is 0.305 e. The minimum atomic E-state index is -0.298. The van der Waals surface area contributed by atoms with Crippen molar-refractivity contribution >= 4 is 61.8 Å². The van der Waals surface area contributed by atoms with E-state index in [4.69, 9.17) is 26.1 Å². The molecule has 12 nitrogen and oxygen atoms in total. The van der Waals surface area contributed by atoms with Crippen LogP contribution >= 0.6 is 34.7 Å².